The largest absolute Gasteiger partial charge is 0.379 e. The SMILES string of the molecule is CCCOCCOCCOCCOCCNC(=O)CCC(C)CC. The van der Waals surface area contributed by atoms with Crippen molar-refractivity contribution in [2.75, 3.05) is 59.4 Å². The third kappa shape index (κ3) is 17.7. The van der Waals surface area contributed by atoms with Crippen LogP contribution < -0.4 is 5.32 Å². The Kier molecular flexibility index (Phi) is 18.1. The maximum absolute atomic E-state index is 11.6. The maximum atomic E-state index is 11.6. The highest BCUT2D eigenvalue weighted by molar-refractivity contribution is 5.75. The van der Waals surface area contributed by atoms with Crippen LogP contribution in [0.5, 0.6) is 0 Å². The molecular formula is C18H37NO5. The lowest BCUT2D eigenvalue weighted by Gasteiger charge is -2.09. The highest BCUT2D eigenvalue weighted by Gasteiger charge is 2.04. The minimum Gasteiger partial charge on any atom is -0.379 e. The summed E-state index contributed by atoms with van der Waals surface area (Å²) < 4.78 is 21.5. The molecule has 0 saturated heterocycles. The fourth-order valence-corrected chi connectivity index (χ4v) is 1.84. The first-order valence-corrected chi connectivity index (χ1v) is 9.28. The molecule has 0 fully saturated rings. The van der Waals surface area contributed by atoms with E-state index in [1.54, 1.807) is 0 Å². The average Bonchev–Trinajstić information content (AvgIpc) is 2.59. The van der Waals surface area contributed by atoms with Crippen molar-refractivity contribution < 1.29 is 23.7 Å². The van der Waals surface area contributed by atoms with Crippen molar-refractivity contribution in [2.45, 2.75) is 46.5 Å². The van der Waals surface area contributed by atoms with Gasteiger partial charge >= 0.3 is 0 Å². The van der Waals surface area contributed by atoms with Crippen LogP contribution in [0.1, 0.15) is 46.5 Å². The van der Waals surface area contributed by atoms with Crippen molar-refractivity contribution in [1.29, 1.82) is 0 Å². The van der Waals surface area contributed by atoms with Gasteiger partial charge in [-0.1, -0.05) is 27.2 Å². The number of hydrogen-bond donors (Lipinski definition) is 1. The predicted molar refractivity (Wildman–Crippen MR) is 95.3 cm³/mol. The summed E-state index contributed by atoms with van der Waals surface area (Å²) in [6, 6.07) is 0. The highest BCUT2D eigenvalue weighted by atomic mass is 16.6. The summed E-state index contributed by atoms with van der Waals surface area (Å²) in [5, 5.41) is 2.87. The van der Waals surface area contributed by atoms with Gasteiger partial charge in [0.25, 0.3) is 0 Å². The monoisotopic (exact) mass is 347 g/mol. The number of amides is 1. The molecule has 0 aliphatic carbocycles. The molecule has 0 saturated carbocycles. The molecular weight excluding hydrogens is 310 g/mol. The number of ether oxygens (including phenoxy) is 4. The number of nitrogens with one attached hydrogen (secondary N) is 1. The quantitative estimate of drug-likeness (QED) is 0.386. The van der Waals surface area contributed by atoms with E-state index in [9.17, 15) is 4.79 Å². The van der Waals surface area contributed by atoms with Gasteiger partial charge in [-0.2, -0.15) is 0 Å². The van der Waals surface area contributed by atoms with E-state index in [-0.39, 0.29) is 5.91 Å². The van der Waals surface area contributed by atoms with Gasteiger partial charge in [0.1, 0.15) is 0 Å². The maximum Gasteiger partial charge on any atom is 0.220 e. The lowest BCUT2D eigenvalue weighted by Crippen LogP contribution is -2.27. The molecule has 144 valence electrons. The first-order chi connectivity index (χ1) is 11.7. The molecule has 1 unspecified atom stereocenters. The number of hydrogen-bond acceptors (Lipinski definition) is 5. The van der Waals surface area contributed by atoms with E-state index in [1.807, 2.05) is 0 Å². The second kappa shape index (κ2) is 18.6. The molecule has 0 aliphatic heterocycles. The van der Waals surface area contributed by atoms with Crippen LogP contribution in [0.15, 0.2) is 0 Å². The second-order valence-corrected chi connectivity index (χ2v) is 5.85. The first-order valence-electron chi connectivity index (χ1n) is 9.28. The summed E-state index contributed by atoms with van der Waals surface area (Å²) >= 11 is 0. The predicted octanol–water partition coefficient (Wildman–Crippen LogP) is 2.41. The van der Waals surface area contributed by atoms with Crippen LogP contribution in [0.3, 0.4) is 0 Å². The molecule has 0 aromatic rings. The summed E-state index contributed by atoms with van der Waals surface area (Å²) in [6.45, 7) is 11.7. The smallest absolute Gasteiger partial charge is 0.220 e. The standard InChI is InChI=1S/C18H37NO5/c1-4-9-21-11-13-23-15-16-24-14-12-22-10-8-19-18(20)7-6-17(3)5-2/h17H,4-16H2,1-3H3,(H,19,20). The minimum absolute atomic E-state index is 0.107. The Morgan fingerprint density at radius 1 is 0.833 bits per heavy atom. The van der Waals surface area contributed by atoms with E-state index in [4.69, 9.17) is 18.9 Å². The Balaban J connectivity index is 3.13. The van der Waals surface area contributed by atoms with Crippen molar-refractivity contribution in [3.8, 4) is 0 Å². The van der Waals surface area contributed by atoms with Crippen molar-refractivity contribution in [2.24, 2.45) is 5.92 Å². The topological polar surface area (TPSA) is 66.0 Å². The molecule has 0 bridgehead atoms. The fraction of sp³-hybridized carbons (Fsp3) is 0.944. The van der Waals surface area contributed by atoms with E-state index in [0.29, 0.717) is 65.1 Å². The van der Waals surface area contributed by atoms with Crippen molar-refractivity contribution in [1.82, 2.24) is 5.32 Å². The molecule has 0 heterocycles. The molecule has 0 rings (SSSR count). The van der Waals surface area contributed by atoms with Gasteiger partial charge < -0.3 is 24.3 Å². The molecule has 6 nitrogen and oxygen atoms in total. The molecule has 6 heteroatoms. The van der Waals surface area contributed by atoms with E-state index >= 15 is 0 Å². The summed E-state index contributed by atoms with van der Waals surface area (Å²) in [5.41, 5.74) is 0. The van der Waals surface area contributed by atoms with E-state index < -0.39 is 0 Å². The second-order valence-electron chi connectivity index (χ2n) is 5.85. The van der Waals surface area contributed by atoms with Gasteiger partial charge in [-0.25, -0.2) is 0 Å². The Hall–Kier alpha value is -0.690. The highest BCUT2D eigenvalue weighted by Crippen LogP contribution is 2.08. The molecule has 0 aromatic carbocycles. The van der Waals surface area contributed by atoms with Gasteiger partial charge in [-0.15, -0.1) is 0 Å². The van der Waals surface area contributed by atoms with Crippen molar-refractivity contribution >= 4 is 5.91 Å². The molecule has 24 heavy (non-hydrogen) atoms. The van der Waals surface area contributed by atoms with Gasteiger partial charge in [-0.05, 0) is 18.8 Å². The Morgan fingerprint density at radius 3 is 1.83 bits per heavy atom. The zero-order chi connectivity index (χ0) is 17.9. The van der Waals surface area contributed by atoms with Crippen LogP contribution in [-0.2, 0) is 23.7 Å². The number of rotatable bonds is 18. The molecule has 0 aromatic heterocycles. The summed E-state index contributed by atoms with van der Waals surface area (Å²) in [7, 11) is 0. The third-order valence-electron chi connectivity index (χ3n) is 3.59. The van der Waals surface area contributed by atoms with Gasteiger partial charge in [0.2, 0.25) is 5.91 Å². The molecule has 1 atom stereocenters. The van der Waals surface area contributed by atoms with Crippen LogP contribution in [0.25, 0.3) is 0 Å². The zero-order valence-electron chi connectivity index (χ0n) is 15.8. The van der Waals surface area contributed by atoms with E-state index in [0.717, 1.165) is 25.9 Å². The van der Waals surface area contributed by atoms with Crippen LogP contribution >= 0.6 is 0 Å². The van der Waals surface area contributed by atoms with Crippen molar-refractivity contribution in [3.63, 3.8) is 0 Å². The first kappa shape index (κ1) is 23.3. The number of carbonyl (C=O) groups excluding carboxylic acids is 1. The Bertz CT molecular complexity index is 276. The number of carbonyl (C=O) groups is 1. The van der Waals surface area contributed by atoms with Crippen molar-refractivity contribution in [3.05, 3.63) is 0 Å². The molecule has 0 spiro atoms. The average molecular weight is 347 g/mol. The normalized spacial score (nSPS) is 12.3. The van der Waals surface area contributed by atoms with Crippen LogP contribution in [-0.4, -0.2) is 65.3 Å². The minimum atomic E-state index is 0.107. The van der Waals surface area contributed by atoms with E-state index in [1.165, 1.54) is 0 Å². The summed E-state index contributed by atoms with van der Waals surface area (Å²) in [5.74, 6) is 0.715. The summed E-state index contributed by atoms with van der Waals surface area (Å²) in [4.78, 5) is 11.6. The molecule has 1 N–H and O–H groups in total. The van der Waals surface area contributed by atoms with Crippen LogP contribution in [0.2, 0.25) is 0 Å². The molecule has 0 aliphatic rings. The lowest BCUT2D eigenvalue weighted by molar-refractivity contribution is -0.121. The van der Waals surface area contributed by atoms with Gasteiger partial charge in [0, 0.05) is 19.6 Å². The third-order valence-corrected chi connectivity index (χ3v) is 3.59. The van der Waals surface area contributed by atoms with Gasteiger partial charge in [-0.3, -0.25) is 4.79 Å². The molecule has 1 amide bonds. The lowest BCUT2D eigenvalue weighted by atomic mass is 10.0. The Labute approximate surface area is 147 Å². The van der Waals surface area contributed by atoms with E-state index in [2.05, 4.69) is 26.1 Å². The van der Waals surface area contributed by atoms with Crippen LogP contribution in [0, 0.1) is 5.92 Å². The fourth-order valence-electron chi connectivity index (χ4n) is 1.84. The van der Waals surface area contributed by atoms with Crippen LogP contribution in [0.4, 0.5) is 0 Å². The Morgan fingerprint density at radius 2 is 1.33 bits per heavy atom. The summed E-state index contributed by atoms with van der Waals surface area (Å²) in [6.07, 6.45) is 3.70. The van der Waals surface area contributed by atoms with Gasteiger partial charge in [0.05, 0.1) is 46.2 Å². The molecule has 0 radical (unpaired) electrons. The zero-order valence-corrected chi connectivity index (χ0v) is 15.8. The van der Waals surface area contributed by atoms with Gasteiger partial charge in [0.15, 0.2) is 0 Å².